The maximum atomic E-state index is 12.0. The summed E-state index contributed by atoms with van der Waals surface area (Å²) >= 11 is 0. The normalized spacial score (nSPS) is 11.9. The van der Waals surface area contributed by atoms with Crippen LogP contribution in [0.15, 0.2) is 18.2 Å². The average molecular weight is 250 g/mol. The molecule has 0 aliphatic rings. The van der Waals surface area contributed by atoms with Gasteiger partial charge in [-0.05, 0) is 24.5 Å². The molecule has 0 aliphatic carbocycles. The summed E-state index contributed by atoms with van der Waals surface area (Å²) in [6, 6.07) is 5.27. The van der Waals surface area contributed by atoms with Crippen LogP contribution in [0.3, 0.4) is 0 Å². The second-order valence-electron chi connectivity index (χ2n) is 4.51. The molecule has 0 unspecified atom stereocenters. The molecule has 0 aliphatic heterocycles. The molecule has 1 N–H and O–H groups in total. The molecule has 0 fully saturated rings. The van der Waals surface area contributed by atoms with Crippen LogP contribution in [0.2, 0.25) is 0 Å². The fourth-order valence-corrected chi connectivity index (χ4v) is 1.80. The highest BCUT2D eigenvalue weighted by molar-refractivity contribution is 5.96. The van der Waals surface area contributed by atoms with Crippen molar-refractivity contribution >= 4 is 11.8 Å². The highest BCUT2D eigenvalue weighted by Gasteiger charge is 2.15. The van der Waals surface area contributed by atoms with Crippen molar-refractivity contribution in [1.82, 2.24) is 0 Å². The number of benzene rings is 1. The highest BCUT2D eigenvalue weighted by Crippen LogP contribution is 2.21. The highest BCUT2D eigenvalue weighted by atomic mass is 16.5. The summed E-state index contributed by atoms with van der Waals surface area (Å²) in [6.07, 6.45) is 0.243. The van der Waals surface area contributed by atoms with Gasteiger partial charge in [-0.2, -0.15) is 0 Å². The van der Waals surface area contributed by atoms with Gasteiger partial charge in [-0.25, -0.2) is 0 Å². The van der Waals surface area contributed by atoms with Gasteiger partial charge in [0.1, 0.15) is 5.75 Å². The van der Waals surface area contributed by atoms with E-state index < -0.39 is 5.97 Å². The molecule has 0 amide bonds. The van der Waals surface area contributed by atoms with E-state index in [1.165, 1.54) is 0 Å². The minimum absolute atomic E-state index is 0.00867. The number of methoxy groups -OCH3 is 1. The van der Waals surface area contributed by atoms with Gasteiger partial charge in [-0.15, -0.1) is 0 Å². The molecule has 0 radical (unpaired) electrons. The molecular weight excluding hydrogens is 232 g/mol. The quantitative estimate of drug-likeness (QED) is 0.788. The van der Waals surface area contributed by atoms with E-state index in [0.29, 0.717) is 11.3 Å². The molecule has 0 saturated carbocycles. The first-order valence-electron chi connectivity index (χ1n) is 5.83. The summed E-state index contributed by atoms with van der Waals surface area (Å²) in [4.78, 5) is 22.5. The first-order valence-corrected chi connectivity index (χ1v) is 5.83. The SMILES string of the molecule is COc1cc(C(=O)C[C@@H](C)CC(=O)O)ccc1C. The fraction of sp³-hybridized carbons (Fsp3) is 0.429. The van der Waals surface area contributed by atoms with E-state index in [9.17, 15) is 9.59 Å². The van der Waals surface area contributed by atoms with Gasteiger partial charge in [-0.1, -0.05) is 19.1 Å². The second kappa shape index (κ2) is 6.19. The van der Waals surface area contributed by atoms with Crippen molar-refractivity contribution in [2.75, 3.05) is 7.11 Å². The molecule has 0 heterocycles. The predicted molar refractivity (Wildman–Crippen MR) is 68.1 cm³/mol. The van der Waals surface area contributed by atoms with Crippen LogP contribution in [0.1, 0.15) is 35.7 Å². The van der Waals surface area contributed by atoms with Crippen molar-refractivity contribution in [3.05, 3.63) is 29.3 Å². The molecule has 4 nitrogen and oxygen atoms in total. The third kappa shape index (κ3) is 3.87. The van der Waals surface area contributed by atoms with E-state index in [-0.39, 0.29) is 24.5 Å². The van der Waals surface area contributed by atoms with Gasteiger partial charge in [-0.3, -0.25) is 9.59 Å². The third-order valence-corrected chi connectivity index (χ3v) is 2.79. The molecule has 1 aromatic carbocycles. The molecule has 0 bridgehead atoms. The van der Waals surface area contributed by atoms with Gasteiger partial charge in [0.25, 0.3) is 0 Å². The standard InChI is InChI=1S/C14H18O4/c1-9(7-14(16)17)6-12(15)11-5-4-10(2)13(8-11)18-3/h4-5,8-9H,6-7H2,1-3H3,(H,16,17)/t9-/m1/s1. The summed E-state index contributed by atoms with van der Waals surface area (Å²) in [5, 5.41) is 8.65. The van der Waals surface area contributed by atoms with Crippen LogP contribution < -0.4 is 4.74 Å². The lowest BCUT2D eigenvalue weighted by atomic mass is 9.96. The average Bonchev–Trinajstić information content (AvgIpc) is 2.28. The number of carboxylic acids is 1. The fourth-order valence-electron chi connectivity index (χ4n) is 1.80. The number of carboxylic acid groups (broad SMARTS) is 1. The Hall–Kier alpha value is -1.84. The Kier molecular flexibility index (Phi) is 4.89. The van der Waals surface area contributed by atoms with Crippen molar-refractivity contribution < 1.29 is 19.4 Å². The Morgan fingerprint density at radius 2 is 2.00 bits per heavy atom. The van der Waals surface area contributed by atoms with Gasteiger partial charge in [0.05, 0.1) is 7.11 Å². The number of aliphatic carboxylic acids is 1. The smallest absolute Gasteiger partial charge is 0.303 e. The molecule has 4 heteroatoms. The zero-order valence-electron chi connectivity index (χ0n) is 10.9. The van der Waals surface area contributed by atoms with E-state index in [1.54, 1.807) is 26.2 Å². The zero-order chi connectivity index (χ0) is 13.7. The predicted octanol–water partition coefficient (Wildman–Crippen LogP) is 2.69. The molecule has 0 aromatic heterocycles. The lowest BCUT2D eigenvalue weighted by Gasteiger charge is -2.10. The molecule has 1 atom stereocenters. The minimum atomic E-state index is -0.878. The largest absolute Gasteiger partial charge is 0.496 e. The van der Waals surface area contributed by atoms with Gasteiger partial charge in [0.2, 0.25) is 0 Å². The number of carbonyl (C=O) groups excluding carboxylic acids is 1. The Morgan fingerprint density at radius 3 is 2.56 bits per heavy atom. The first kappa shape index (κ1) is 14.2. The number of hydrogen-bond donors (Lipinski definition) is 1. The number of Topliss-reactive ketones (excluding diaryl/α,β-unsaturated/α-hetero) is 1. The molecule has 1 rings (SSSR count). The minimum Gasteiger partial charge on any atom is -0.496 e. The van der Waals surface area contributed by atoms with Crippen molar-refractivity contribution in [2.24, 2.45) is 5.92 Å². The summed E-state index contributed by atoms with van der Waals surface area (Å²) in [5.74, 6) is -0.423. The number of hydrogen-bond acceptors (Lipinski definition) is 3. The van der Waals surface area contributed by atoms with Crippen LogP contribution in [-0.2, 0) is 4.79 Å². The van der Waals surface area contributed by atoms with E-state index in [1.807, 2.05) is 13.0 Å². The summed E-state index contributed by atoms with van der Waals surface area (Å²) < 4.78 is 5.16. The van der Waals surface area contributed by atoms with Crippen LogP contribution in [0.4, 0.5) is 0 Å². The number of rotatable bonds is 6. The molecule has 1 aromatic rings. The van der Waals surface area contributed by atoms with Crippen molar-refractivity contribution in [2.45, 2.75) is 26.7 Å². The van der Waals surface area contributed by atoms with Crippen molar-refractivity contribution in [1.29, 1.82) is 0 Å². The van der Waals surface area contributed by atoms with E-state index in [0.717, 1.165) is 5.56 Å². The zero-order valence-corrected chi connectivity index (χ0v) is 10.9. The molecule has 0 spiro atoms. The van der Waals surface area contributed by atoms with Crippen LogP contribution in [0.5, 0.6) is 5.75 Å². The molecule has 18 heavy (non-hydrogen) atoms. The summed E-state index contributed by atoms with van der Waals surface area (Å²) in [6.45, 7) is 3.66. The number of ketones is 1. The Morgan fingerprint density at radius 1 is 1.33 bits per heavy atom. The molecule has 98 valence electrons. The van der Waals surface area contributed by atoms with Crippen molar-refractivity contribution in [3.8, 4) is 5.75 Å². The summed E-state index contributed by atoms with van der Waals surface area (Å²) in [7, 11) is 1.56. The summed E-state index contributed by atoms with van der Waals surface area (Å²) in [5.41, 5.74) is 1.53. The Labute approximate surface area is 107 Å². The van der Waals surface area contributed by atoms with E-state index in [2.05, 4.69) is 0 Å². The number of aryl methyl sites for hydroxylation is 1. The first-order chi connectivity index (χ1) is 8.43. The number of carbonyl (C=O) groups is 2. The van der Waals surface area contributed by atoms with Gasteiger partial charge in [0, 0.05) is 18.4 Å². The lowest BCUT2D eigenvalue weighted by molar-refractivity contribution is -0.137. The molecular formula is C14H18O4. The van der Waals surface area contributed by atoms with Gasteiger partial charge >= 0.3 is 5.97 Å². The van der Waals surface area contributed by atoms with Gasteiger partial charge in [0.15, 0.2) is 5.78 Å². The van der Waals surface area contributed by atoms with Crippen molar-refractivity contribution in [3.63, 3.8) is 0 Å². The van der Waals surface area contributed by atoms with Crippen LogP contribution >= 0.6 is 0 Å². The molecule has 0 saturated heterocycles. The van der Waals surface area contributed by atoms with E-state index in [4.69, 9.17) is 9.84 Å². The number of ether oxygens (including phenoxy) is 1. The van der Waals surface area contributed by atoms with Gasteiger partial charge < -0.3 is 9.84 Å². The van der Waals surface area contributed by atoms with Crippen LogP contribution in [0, 0.1) is 12.8 Å². The topological polar surface area (TPSA) is 63.6 Å². The monoisotopic (exact) mass is 250 g/mol. The van der Waals surface area contributed by atoms with Crippen LogP contribution in [0.25, 0.3) is 0 Å². The maximum Gasteiger partial charge on any atom is 0.303 e. The second-order valence-corrected chi connectivity index (χ2v) is 4.51. The van der Waals surface area contributed by atoms with E-state index >= 15 is 0 Å². The Bertz CT molecular complexity index is 451. The third-order valence-electron chi connectivity index (χ3n) is 2.79. The lowest BCUT2D eigenvalue weighted by Crippen LogP contribution is -2.10. The maximum absolute atomic E-state index is 12.0. The Balaban J connectivity index is 2.75. The van der Waals surface area contributed by atoms with Crippen LogP contribution in [-0.4, -0.2) is 24.0 Å².